The Morgan fingerprint density at radius 3 is 2.48 bits per heavy atom. The highest BCUT2D eigenvalue weighted by Crippen LogP contribution is 2.32. The van der Waals surface area contributed by atoms with Crippen LogP contribution in [-0.2, 0) is 23.7 Å². The van der Waals surface area contributed by atoms with Crippen LogP contribution < -0.4 is 16.0 Å². The molecule has 2 aromatic carbocycles. The van der Waals surface area contributed by atoms with Crippen molar-refractivity contribution in [3.8, 4) is 5.40 Å². The van der Waals surface area contributed by atoms with Gasteiger partial charge in [0.1, 0.15) is 29.8 Å². The lowest BCUT2D eigenvalue weighted by atomic mass is 9.97. The molecule has 3 rings (SSSR count). The summed E-state index contributed by atoms with van der Waals surface area (Å²) in [5, 5.41) is 51.7. The normalized spacial score (nSPS) is 22.4. The predicted octanol–water partition coefficient (Wildman–Crippen LogP) is 0.879. The molecular formula is C27H36N4O8S. The number of benzene rings is 2. The van der Waals surface area contributed by atoms with Crippen LogP contribution in [0.1, 0.15) is 6.92 Å². The van der Waals surface area contributed by atoms with Gasteiger partial charge in [-0.25, -0.2) is 0 Å². The number of hydrogen-bond donors (Lipinski definition) is 6. The molecular weight excluding hydrogens is 540 g/mol. The summed E-state index contributed by atoms with van der Waals surface area (Å²) in [6.45, 7) is 6.71. The van der Waals surface area contributed by atoms with Crippen molar-refractivity contribution in [1.82, 2.24) is 10.6 Å². The molecule has 0 aromatic heterocycles. The third-order valence-corrected chi connectivity index (χ3v) is 6.71. The minimum Gasteiger partial charge on any atom is -0.394 e. The molecule has 1 heterocycles. The summed E-state index contributed by atoms with van der Waals surface area (Å²) in [7, 11) is 0. The lowest BCUT2D eigenvalue weighted by molar-refractivity contribution is -0.272. The predicted molar refractivity (Wildman–Crippen MR) is 149 cm³/mol. The average molecular weight is 577 g/mol. The molecule has 0 bridgehead atoms. The summed E-state index contributed by atoms with van der Waals surface area (Å²) >= 11 is 1.13. The number of rotatable bonds is 16. The van der Waals surface area contributed by atoms with E-state index < -0.39 is 43.2 Å². The third kappa shape index (κ3) is 9.05. The van der Waals surface area contributed by atoms with Crippen LogP contribution in [0.25, 0.3) is 10.8 Å². The highest BCUT2D eigenvalue weighted by Gasteiger charge is 2.45. The first-order chi connectivity index (χ1) is 19.3. The van der Waals surface area contributed by atoms with E-state index in [2.05, 4.69) is 27.9 Å². The molecule has 1 amide bonds. The van der Waals surface area contributed by atoms with Gasteiger partial charge in [-0.1, -0.05) is 30.8 Å². The highest BCUT2D eigenvalue weighted by atomic mass is 32.2. The Kier molecular flexibility index (Phi) is 12.9. The van der Waals surface area contributed by atoms with Crippen molar-refractivity contribution in [3.05, 3.63) is 48.8 Å². The van der Waals surface area contributed by atoms with Crippen LogP contribution in [-0.4, -0.2) is 98.1 Å². The number of anilines is 1. The largest absolute Gasteiger partial charge is 0.394 e. The van der Waals surface area contributed by atoms with Crippen molar-refractivity contribution in [2.45, 2.75) is 42.5 Å². The van der Waals surface area contributed by atoms with Crippen molar-refractivity contribution in [1.29, 1.82) is 5.26 Å². The zero-order valence-electron chi connectivity index (χ0n) is 22.2. The van der Waals surface area contributed by atoms with Gasteiger partial charge in [0.2, 0.25) is 5.91 Å². The Hall–Kier alpha value is -2.93. The number of carbonyl (C=O) groups excluding carboxylic acids is 1. The number of ether oxygens (including phenoxy) is 4. The maximum atomic E-state index is 11.5. The average Bonchev–Trinajstić information content (AvgIpc) is 2.94. The van der Waals surface area contributed by atoms with E-state index >= 15 is 0 Å². The van der Waals surface area contributed by atoms with Crippen LogP contribution >= 0.6 is 11.8 Å². The molecule has 2 aromatic rings. The van der Waals surface area contributed by atoms with Crippen LogP contribution in [0.4, 0.5) is 5.69 Å². The first-order valence-corrected chi connectivity index (χ1v) is 13.6. The number of nitrogens with one attached hydrogen (secondary N) is 3. The van der Waals surface area contributed by atoms with Crippen LogP contribution in [0.15, 0.2) is 53.7 Å². The van der Waals surface area contributed by atoms with Crippen LogP contribution in [0, 0.1) is 10.7 Å². The lowest BCUT2D eigenvalue weighted by Crippen LogP contribution is -2.64. The molecule has 218 valence electrons. The van der Waals surface area contributed by atoms with Gasteiger partial charge in [-0.05, 0) is 29.3 Å². The van der Waals surface area contributed by atoms with Crippen molar-refractivity contribution >= 4 is 34.1 Å². The molecule has 1 aliphatic rings. The second kappa shape index (κ2) is 16.4. The van der Waals surface area contributed by atoms with Crippen molar-refractivity contribution in [2.75, 3.05) is 51.5 Å². The van der Waals surface area contributed by atoms with E-state index in [0.717, 1.165) is 33.1 Å². The number of fused-ring (bicyclic) bond motifs is 1. The van der Waals surface area contributed by atoms with Gasteiger partial charge in [-0.15, -0.1) is 0 Å². The van der Waals surface area contributed by atoms with Gasteiger partial charge >= 0.3 is 0 Å². The molecule has 0 radical (unpaired) electrons. The minimum atomic E-state index is -1.36. The summed E-state index contributed by atoms with van der Waals surface area (Å²) in [6, 6.07) is 10.7. The molecule has 6 N–H and O–H groups in total. The molecule has 0 saturated carbocycles. The topological polar surface area (TPSA) is 175 Å². The van der Waals surface area contributed by atoms with E-state index in [-0.39, 0.29) is 13.2 Å². The molecule has 0 spiro atoms. The quantitative estimate of drug-likeness (QED) is 0.0947. The third-order valence-electron chi connectivity index (χ3n) is 6.04. The molecule has 40 heavy (non-hydrogen) atoms. The lowest BCUT2D eigenvalue weighted by Gasteiger charge is -2.42. The fourth-order valence-electron chi connectivity index (χ4n) is 4.16. The van der Waals surface area contributed by atoms with E-state index in [4.69, 9.17) is 24.2 Å². The van der Waals surface area contributed by atoms with E-state index in [1.807, 2.05) is 36.4 Å². The van der Waals surface area contributed by atoms with E-state index in [0.29, 0.717) is 32.2 Å². The monoisotopic (exact) mass is 576 g/mol. The summed E-state index contributed by atoms with van der Waals surface area (Å²) in [6.07, 6.45) is -4.81. The van der Waals surface area contributed by atoms with Gasteiger partial charge in [0.05, 0.1) is 45.5 Å². The fourth-order valence-corrected chi connectivity index (χ4v) is 4.68. The van der Waals surface area contributed by atoms with E-state index in [9.17, 15) is 20.1 Å². The molecule has 13 heteroatoms. The second-order valence-corrected chi connectivity index (χ2v) is 9.74. The SMILES string of the molecule is C=C(NCCOCCOCCOC1OC(CO)C(O)C(O)C1NC(C)=O)Nc1ccc(SC#N)c2ccccc12. The Morgan fingerprint density at radius 1 is 1.07 bits per heavy atom. The number of nitriles is 1. The molecule has 5 unspecified atom stereocenters. The Morgan fingerprint density at radius 2 is 1.77 bits per heavy atom. The summed E-state index contributed by atoms with van der Waals surface area (Å²) < 4.78 is 22.1. The molecule has 5 atom stereocenters. The van der Waals surface area contributed by atoms with Gasteiger partial charge in [0, 0.05) is 29.4 Å². The minimum absolute atomic E-state index is 0.0969. The molecule has 1 saturated heterocycles. The van der Waals surface area contributed by atoms with Gasteiger partial charge in [-0.3, -0.25) is 4.79 Å². The number of thioether (sulfide) groups is 1. The molecule has 1 fully saturated rings. The number of amides is 1. The van der Waals surface area contributed by atoms with Gasteiger partial charge in [0.15, 0.2) is 6.29 Å². The number of nitrogens with zero attached hydrogens (tertiary/aromatic N) is 1. The molecule has 0 aliphatic carbocycles. The standard InChI is InChI=1S/C27H36N4O8S/c1-17(30-21-7-8-23(40-16-28)20-6-4-3-5-19(20)21)29-9-10-36-11-12-37-13-14-38-27-24(31-18(2)33)26(35)25(34)22(15-32)39-27/h3-8,22,24-27,29-30,32,34-35H,1,9-15H2,2H3,(H,31,33). The van der Waals surface area contributed by atoms with Gasteiger partial charge in [-0.2, -0.15) is 5.26 Å². The van der Waals surface area contributed by atoms with Crippen molar-refractivity contribution in [3.63, 3.8) is 0 Å². The molecule has 12 nitrogen and oxygen atoms in total. The van der Waals surface area contributed by atoms with Crippen molar-refractivity contribution < 1.29 is 39.1 Å². The van der Waals surface area contributed by atoms with Crippen molar-refractivity contribution in [2.24, 2.45) is 0 Å². The van der Waals surface area contributed by atoms with Gasteiger partial charge < -0.3 is 50.2 Å². The second-order valence-electron chi connectivity index (χ2n) is 8.91. The van der Waals surface area contributed by atoms with Crippen LogP contribution in [0.3, 0.4) is 0 Å². The Bertz CT molecular complexity index is 1160. The highest BCUT2D eigenvalue weighted by molar-refractivity contribution is 8.04. The maximum absolute atomic E-state index is 11.5. The first-order valence-electron chi connectivity index (χ1n) is 12.8. The smallest absolute Gasteiger partial charge is 0.217 e. The summed E-state index contributed by atoms with van der Waals surface area (Å²) in [5.74, 6) is 0.197. The summed E-state index contributed by atoms with van der Waals surface area (Å²) in [5.41, 5.74) is 0.881. The summed E-state index contributed by atoms with van der Waals surface area (Å²) in [4.78, 5) is 12.4. The number of carbonyl (C=O) groups is 1. The van der Waals surface area contributed by atoms with E-state index in [1.54, 1.807) is 0 Å². The molecule has 1 aliphatic heterocycles. The number of aliphatic hydroxyl groups is 3. The Balaban J connectivity index is 1.29. The zero-order valence-corrected chi connectivity index (χ0v) is 23.1. The van der Waals surface area contributed by atoms with E-state index in [1.165, 1.54) is 6.92 Å². The van der Waals surface area contributed by atoms with Crippen LogP contribution in [0.2, 0.25) is 0 Å². The zero-order chi connectivity index (χ0) is 28.9. The fraction of sp³-hybridized carbons (Fsp3) is 0.481. The number of hydrogen-bond acceptors (Lipinski definition) is 12. The Labute approximate surface area is 237 Å². The first kappa shape index (κ1) is 31.6. The van der Waals surface area contributed by atoms with Crippen LogP contribution in [0.5, 0.6) is 0 Å². The van der Waals surface area contributed by atoms with Gasteiger partial charge in [0.25, 0.3) is 0 Å². The number of thiocyanates is 1. The maximum Gasteiger partial charge on any atom is 0.217 e. The number of aliphatic hydroxyl groups excluding tert-OH is 3.